The molecule has 2 saturated heterocycles. The van der Waals surface area contributed by atoms with Crippen molar-refractivity contribution in [1.29, 1.82) is 0 Å². The lowest BCUT2D eigenvalue weighted by Crippen LogP contribution is -2.52. The van der Waals surface area contributed by atoms with E-state index in [1.165, 1.54) is 16.3 Å². The van der Waals surface area contributed by atoms with Crippen LogP contribution in [-0.4, -0.2) is 50.6 Å². The Balaban J connectivity index is 1.84. The van der Waals surface area contributed by atoms with E-state index in [0.717, 1.165) is 11.3 Å². The third-order valence-corrected chi connectivity index (χ3v) is 5.81. The lowest BCUT2D eigenvalue weighted by Gasteiger charge is -2.38. The SMILES string of the molecule is NS(=O)(=O)c1ccsc1C(=O)N1CCC[C@@]2(CNC(=O)O2)C1. The molecule has 2 aliphatic heterocycles. The molecule has 1 aromatic heterocycles. The minimum Gasteiger partial charge on any atom is -0.439 e. The maximum atomic E-state index is 12.6. The van der Waals surface area contributed by atoms with E-state index in [-0.39, 0.29) is 16.3 Å². The van der Waals surface area contributed by atoms with Gasteiger partial charge >= 0.3 is 6.09 Å². The molecule has 3 heterocycles. The highest BCUT2D eigenvalue weighted by atomic mass is 32.2. The van der Waals surface area contributed by atoms with Crippen molar-refractivity contribution in [2.45, 2.75) is 23.3 Å². The van der Waals surface area contributed by atoms with E-state index in [0.29, 0.717) is 25.9 Å². The van der Waals surface area contributed by atoms with Crippen molar-refractivity contribution >= 4 is 33.4 Å². The van der Waals surface area contributed by atoms with Gasteiger partial charge in [0.1, 0.15) is 15.4 Å². The summed E-state index contributed by atoms with van der Waals surface area (Å²) in [4.78, 5) is 25.3. The van der Waals surface area contributed by atoms with Crippen molar-refractivity contribution in [2.24, 2.45) is 5.14 Å². The average Bonchev–Trinajstić information content (AvgIpc) is 3.05. The molecule has 0 saturated carbocycles. The molecule has 8 nitrogen and oxygen atoms in total. The van der Waals surface area contributed by atoms with Gasteiger partial charge in [-0.15, -0.1) is 11.3 Å². The number of alkyl carbamates (subject to hydrolysis) is 1. The first-order valence-electron chi connectivity index (χ1n) is 6.67. The van der Waals surface area contributed by atoms with Crippen LogP contribution in [-0.2, 0) is 14.8 Å². The lowest BCUT2D eigenvalue weighted by atomic mass is 9.93. The number of nitrogens with one attached hydrogen (secondary N) is 1. The standard InChI is InChI=1S/C12H15N3O5S2/c13-22(18,19)8-2-5-21-9(8)10(16)15-4-1-3-12(7-15)6-14-11(17)20-12/h2,5H,1,3-4,6-7H2,(H,14,17)(H2,13,18,19)/t12-/m1/s1. The minimum absolute atomic E-state index is 0.0943. The van der Waals surface area contributed by atoms with Gasteiger partial charge in [0.15, 0.2) is 0 Å². The molecule has 0 aliphatic carbocycles. The number of primary sulfonamides is 1. The van der Waals surface area contributed by atoms with E-state index in [1.54, 1.807) is 0 Å². The van der Waals surface area contributed by atoms with Crippen LogP contribution in [0.4, 0.5) is 4.79 Å². The predicted molar refractivity (Wildman–Crippen MR) is 78.0 cm³/mol. The summed E-state index contributed by atoms with van der Waals surface area (Å²) in [5.41, 5.74) is -0.718. The Morgan fingerprint density at radius 2 is 2.27 bits per heavy atom. The van der Waals surface area contributed by atoms with Gasteiger partial charge in [0, 0.05) is 6.54 Å². The van der Waals surface area contributed by atoms with E-state index >= 15 is 0 Å². The van der Waals surface area contributed by atoms with Crippen LogP contribution in [0.3, 0.4) is 0 Å². The third kappa shape index (κ3) is 2.69. The maximum Gasteiger partial charge on any atom is 0.407 e. The van der Waals surface area contributed by atoms with Crippen LogP contribution < -0.4 is 10.5 Å². The van der Waals surface area contributed by atoms with Gasteiger partial charge in [0.05, 0.1) is 13.1 Å². The van der Waals surface area contributed by atoms with Gasteiger partial charge in [-0.1, -0.05) is 0 Å². The smallest absolute Gasteiger partial charge is 0.407 e. The van der Waals surface area contributed by atoms with Crippen molar-refractivity contribution in [3.63, 3.8) is 0 Å². The molecule has 2 amide bonds. The number of ether oxygens (including phenoxy) is 1. The summed E-state index contributed by atoms with van der Waals surface area (Å²) in [6, 6.07) is 1.32. The molecule has 2 aliphatic rings. The predicted octanol–water partition coefficient (Wildman–Crippen LogP) is 0.110. The van der Waals surface area contributed by atoms with Crippen LogP contribution in [0.5, 0.6) is 0 Å². The molecule has 0 unspecified atom stereocenters. The fourth-order valence-corrected chi connectivity index (χ4v) is 4.76. The van der Waals surface area contributed by atoms with Gasteiger partial charge < -0.3 is 15.0 Å². The largest absolute Gasteiger partial charge is 0.439 e. The second-order valence-corrected chi connectivity index (χ2v) is 7.86. The van der Waals surface area contributed by atoms with Crippen LogP contribution in [0.25, 0.3) is 0 Å². The van der Waals surface area contributed by atoms with Crippen LogP contribution in [0.2, 0.25) is 0 Å². The summed E-state index contributed by atoms with van der Waals surface area (Å²) in [5, 5.41) is 9.25. The van der Waals surface area contributed by atoms with Crippen molar-refractivity contribution in [1.82, 2.24) is 10.2 Å². The summed E-state index contributed by atoms with van der Waals surface area (Å²) in [6.07, 6.45) is 0.856. The van der Waals surface area contributed by atoms with Gasteiger partial charge in [0.2, 0.25) is 10.0 Å². The van der Waals surface area contributed by atoms with Gasteiger partial charge in [-0.3, -0.25) is 4.79 Å². The molecule has 22 heavy (non-hydrogen) atoms. The molecule has 1 atom stereocenters. The molecule has 1 aromatic rings. The highest BCUT2D eigenvalue weighted by Gasteiger charge is 2.45. The molecular formula is C12H15N3O5S2. The first-order chi connectivity index (χ1) is 10.3. The van der Waals surface area contributed by atoms with Crippen molar-refractivity contribution in [3.05, 3.63) is 16.3 Å². The fourth-order valence-electron chi connectivity index (χ4n) is 2.82. The van der Waals surface area contributed by atoms with E-state index < -0.39 is 27.6 Å². The normalized spacial score (nSPS) is 25.1. The van der Waals surface area contributed by atoms with Crippen LogP contribution in [0, 0.1) is 0 Å². The number of rotatable bonds is 2. The molecule has 10 heteroatoms. The zero-order valence-electron chi connectivity index (χ0n) is 11.6. The van der Waals surface area contributed by atoms with Crippen LogP contribution in [0.15, 0.2) is 16.3 Å². The summed E-state index contributed by atoms with van der Waals surface area (Å²) in [6.45, 7) is 1.08. The van der Waals surface area contributed by atoms with Gasteiger partial charge in [0.25, 0.3) is 5.91 Å². The summed E-state index contributed by atoms with van der Waals surface area (Å²) >= 11 is 1.04. The molecular weight excluding hydrogens is 330 g/mol. The Morgan fingerprint density at radius 1 is 1.50 bits per heavy atom. The molecule has 0 bridgehead atoms. The number of amides is 2. The number of likely N-dealkylation sites (tertiary alicyclic amines) is 1. The first-order valence-corrected chi connectivity index (χ1v) is 9.10. The molecule has 0 radical (unpaired) electrons. The Labute approximate surface area is 131 Å². The van der Waals surface area contributed by atoms with E-state index in [9.17, 15) is 18.0 Å². The van der Waals surface area contributed by atoms with E-state index in [4.69, 9.17) is 9.88 Å². The number of thiophene rings is 1. The number of carbonyl (C=O) groups excluding carboxylic acids is 2. The zero-order valence-corrected chi connectivity index (χ0v) is 13.2. The number of piperidine rings is 1. The number of sulfonamides is 1. The second-order valence-electron chi connectivity index (χ2n) is 5.42. The molecule has 3 rings (SSSR count). The Morgan fingerprint density at radius 3 is 2.91 bits per heavy atom. The zero-order chi connectivity index (χ0) is 16.0. The first kappa shape index (κ1) is 15.3. The number of carbonyl (C=O) groups is 2. The molecule has 0 aromatic carbocycles. The summed E-state index contributed by atoms with van der Waals surface area (Å²) < 4.78 is 28.4. The van der Waals surface area contributed by atoms with Gasteiger partial charge in [-0.2, -0.15) is 0 Å². The van der Waals surface area contributed by atoms with Crippen molar-refractivity contribution in [3.8, 4) is 0 Å². The fraction of sp³-hybridized carbons (Fsp3) is 0.500. The second kappa shape index (κ2) is 5.21. The number of nitrogens with two attached hydrogens (primary N) is 1. The third-order valence-electron chi connectivity index (χ3n) is 3.82. The topological polar surface area (TPSA) is 119 Å². The monoisotopic (exact) mass is 345 g/mol. The molecule has 3 N–H and O–H groups in total. The number of nitrogens with zero attached hydrogens (tertiary/aromatic N) is 1. The quantitative estimate of drug-likeness (QED) is 0.788. The highest BCUT2D eigenvalue weighted by molar-refractivity contribution is 7.89. The van der Waals surface area contributed by atoms with E-state index in [1.807, 2.05) is 0 Å². The van der Waals surface area contributed by atoms with Crippen LogP contribution >= 0.6 is 11.3 Å². The van der Waals surface area contributed by atoms with Crippen LogP contribution in [0.1, 0.15) is 22.5 Å². The lowest BCUT2D eigenvalue weighted by molar-refractivity contribution is -0.00498. The van der Waals surface area contributed by atoms with Gasteiger partial charge in [-0.25, -0.2) is 18.4 Å². The highest BCUT2D eigenvalue weighted by Crippen LogP contribution is 2.30. The number of hydrogen-bond donors (Lipinski definition) is 2. The van der Waals surface area contributed by atoms with Gasteiger partial charge in [-0.05, 0) is 24.3 Å². The van der Waals surface area contributed by atoms with Crippen molar-refractivity contribution < 1.29 is 22.7 Å². The molecule has 120 valence electrons. The number of hydrogen-bond acceptors (Lipinski definition) is 6. The summed E-state index contributed by atoms with van der Waals surface area (Å²) in [7, 11) is -3.94. The van der Waals surface area contributed by atoms with Crippen molar-refractivity contribution in [2.75, 3.05) is 19.6 Å². The average molecular weight is 345 g/mol. The molecule has 1 spiro atoms. The Kier molecular flexibility index (Phi) is 3.62. The summed E-state index contributed by atoms with van der Waals surface area (Å²) in [5.74, 6) is -0.402. The Hall–Kier alpha value is -1.65. The molecule has 2 fully saturated rings. The maximum absolute atomic E-state index is 12.6. The van der Waals surface area contributed by atoms with E-state index in [2.05, 4.69) is 5.32 Å². The minimum atomic E-state index is -3.94. The Bertz CT molecular complexity index is 729.